The molecule has 6 nitrogen and oxygen atoms in total. The van der Waals surface area contributed by atoms with Gasteiger partial charge in [-0.1, -0.05) is 268 Å². The van der Waals surface area contributed by atoms with Crippen LogP contribution in [0.1, 0.15) is 265 Å². The van der Waals surface area contributed by atoms with Crippen LogP contribution in [-0.2, 0) is 28.6 Å². The topological polar surface area (TPSA) is 78.9 Å². The molecule has 0 bridgehead atoms. The van der Waals surface area contributed by atoms with Gasteiger partial charge in [0.25, 0.3) is 0 Å². The number of carbonyl (C=O) groups is 3. The number of hydrogen-bond donors (Lipinski definition) is 0. The van der Waals surface area contributed by atoms with E-state index in [-0.39, 0.29) is 37.5 Å². The van der Waals surface area contributed by atoms with Gasteiger partial charge in [-0.05, 0) is 148 Å². The third kappa shape index (κ3) is 65.5. The normalized spacial score (nSPS) is 13.3. The molecule has 1 unspecified atom stereocenters. The van der Waals surface area contributed by atoms with Crippen molar-refractivity contribution in [3.05, 3.63) is 170 Å². The van der Waals surface area contributed by atoms with Crippen molar-refractivity contribution in [1.29, 1.82) is 0 Å². The number of allylic oxidation sites excluding steroid dienone is 28. The van der Waals surface area contributed by atoms with Gasteiger partial charge in [-0.2, -0.15) is 0 Å². The Morgan fingerprint density at radius 1 is 0.247 bits per heavy atom. The summed E-state index contributed by atoms with van der Waals surface area (Å²) in [5.74, 6) is -0.955. The average molecular weight is 1120 g/mol. The number of hydrogen-bond acceptors (Lipinski definition) is 6. The lowest BCUT2D eigenvalue weighted by atomic mass is 10.1. The maximum Gasteiger partial charge on any atom is 0.306 e. The van der Waals surface area contributed by atoms with Crippen LogP contribution in [0.15, 0.2) is 170 Å². The highest BCUT2D eigenvalue weighted by Crippen LogP contribution is 2.14. The Morgan fingerprint density at radius 3 is 0.691 bits per heavy atom. The second-order valence-corrected chi connectivity index (χ2v) is 20.9. The molecule has 0 rings (SSSR count). The number of carbonyl (C=O) groups excluding carboxylic acids is 3. The van der Waals surface area contributed by atoms with Crippen molar-refractivity contribution in [2.75, 3.05) is 13.2 Å². The molecule has 0 N–H and O–H groups in total. The molecule has 0 aliphatic carbocycles. The first-order valence-corrected chi connectivity index (χ1v) is 32.6. The Labute approximate surface area is 498 Å². The van der Waals surface area contributed by atoms with Crippen LogP contribution in [0.25, 0.3) is 0 Å². The standard InChI is InChI=1S/C75H118O6/c1-4-7-10-13-16-19-22-25-28-30-31-32-33-34-35-36-37-38-39-40-41-42-43-45-47-50-53-56-59-62-65-68-74(77)80-71-72(70-79-73(76)67-64-61-58-55-52-49-46-27-24-21-18-15-12-9-6-3)81-75(78)69-66-63-60-57-54-51-48-44-29-26-23-20-17-14-11-8-5-2/h7-12,16-21,25-29,31-32,34-35,37-38,40-41,46,48,51,72H,4-6,13-15,22-24,30,33,36,39,42-45,47,49-50,52-71H2,1-3H3/b10-7-,11-8-,12-9-,19-16-,20-17-,21-18-,28-25-,29-26-,32-31-,35-34-,38-37-,41-40-,46-27-,51-48-. The summed E-state index contributed by atoms with van der Waals surface area (Å²) in [6.07, 6.45) is 99.3. The van der Waals surface area contributed by atoms with Crippen molar-refractivity contribution >= 4 is 17.9 Å². The molecule has 0 amide bonds. The summed E-state index contributed by atoms with van der Waals surface area (Å²) < 4.78 is 16.9. The number of ether oxygens (including phenoxy) is 3. The third-order valence-electron chi connectivity index (χ3n) is 13.2. The molecule has 0 saturated carbocycles. The summed E-state index contributed by atoms with van der Waals surface area (Å²) in [6, 6.07) is 0. The zero-order valence-corrected chi connectivity index (χ0v) is 52.0. The molecule has 1 atom stereocenters. The van der Waals surface area contributed by atoms with Crippen LogP contribution >= 0.6 is 0 Å². The van der Waals surface area contributed by atoms with E-state index in [1.165, 1.54) is 38.5 Å². The molecule has 0 aromatic heterocycles. The van der Waals surface area contributed by atoms with Gasteiger partial charge >= 0.3 is 17.9 Å². The van der Waals surface area contributed by atoms with Crippen LogP contribution in [0, 0.1) is 0 Å². The molecule has 0 aliphatic heterocycles. The highest BCUT2D eigenvalue weighted by atomic mass is 16.6. The second kappa shape index (κ2) is 67.3. The molecule has 0 aromatic carbocycles. The van der Waals surface area contributed by atoms with E-state index in [0.717, 1.165) is 186 Å². The number of unbranched alkanes of at least 4 members (excludes halogenated alkanes) is 18. The van der Waals surface area contributed by atoms with E-state index in [2.05, 4.69) is 191 Å². The van der Waals surface area contributed by atoms with Crippen molar-refractivity contribution in [2.24, 2.45) is 0 Å². The van der Waals surface area contributed by atoms with E-state index in [0.29, 0.717) is 12.8 Å². The first-order chi connectivity index (χ1) is 40.0. The maximum atomic E-state index is 12.9. The fourth-order valence-electron chi connectivity index (χ4n) is 8.43. The largest absolute Gasteiger partial charge is 0.462 e. The van der Waals surface area contributed by atoms with Crippen LogP contribution < -0.4 is 0 Å². The van der Waals surface area contributed by atoms with E-state index >= 15 is 0 Å². The molecule has 0 heterocycles. The summed E-state index contributed by atoms with van der Waals surface area (Å²) in [5.41, 5.74) is 0. The first-order valence-electron chi connectivity index (χ1n) is 32.6. The molecule has 0 spiro atoms. The predicted octanol–water partition coefficient (Wildman–Crippen LogP) is 22.7. The van der Waals surface area contributed by atoms with Crippen LogP contribution in [-0.4, -0.2) is 37.2 Å². The zero-order chi connectivity index (χ0) is 58.5. The van der Waals surface area contributed by atoms with Crippen LogP contribution in [0.2, 0.25) is 0 Å². The predicted molar refractivity (Wildman–Crippen MR) is 352 cm³/mol. The van der Waals surface area contributed by atoms with Gasteiger partial charge in [-0.15, -0.1) is 0 Å². The van der Waals surface area contributed by atoms with Crippen molar-refractivity contribution in [3.63, 3.8) is 0 Å². The zero-order valence-electron chi connectivity index (χ0n) is 52.0. The van der Waals surface area contributed by atoms with Crippen molar-refractivity contribution < 1.29 is 28.6 Å². The van der Waals surface area contributed by atoms with E-state index in [4.69, 9.17) is 14.2 Å². The molecule has 0 saturated heterocycles. The summed E-state index contributed by atoms with van der Waals surface area (Å²) in [6.45, 7) is 6.26. The summed E-state index contributed by atoms with van der Waals surface area (Å²) >= 11 is 0. The van der Waals surface area contributed by atoms with Gasteiger partial charge < -0.3 is 14.2 Å². The second-order valence-electron chi connectivity index (χ2n) is 20.9. The van der Waals surface area contributed by atoms with Crippen molar-refractivity contribution in [1.82, 2.24) is 0 Å². The molecule has 0 radical (unpaired) electrons. The lowest BCUT2D eigenvalue weighted by Crippen LogP contribution is -2.30. The molecular weight excluding hydrogens is 997 g/mol. The van der Waals surface area contributed by atoms with Gasteiger partial charge in [0.05, 0.1) is 0 Å². The first kappa shape index (κ1) is 75.8. The van der Waals surface area contributed by atoms with Crippen LogP contribution in [0.5, 0.6) is 0 Å². The highest BCUT2D eigenvalue weighted by Gasteiger charge is 2.19. The molecule has 6 heteroatoms. The quantitative estimate of drug-likeness (QED) is 0.0261. The fraction of sp³-hybridized carbons (Fsp3) is 0.587. The monoisotopic (exact) mass is 1110 g/mol. The molecule has 0 fully saturated rings. The van der Waals surface area contributed by atoms with Crippen molar-refractivity contribution in [3.8, 4) is 0 Å². The SMILES string of the molecule is CC/C=C\C/C=C\C/C=C\C/C=C\C/C=C\C/C=C\C/C=C\CCCCCCCCCCCC(=O)OCC(COC(=O)CCCCCCC/C=C\C/C=C\C/C=C\CC)OC(=O)CCCCCC/C=C\C/C=C\C/C=C\C/C=C\CC. The highest BCUT2D eigenvalue weighted by molar-refractivity contribution is 5.71. The number of esters is 3. The van der Waals surface area contributed by atoms with Gasteiger partial charge in [0, 0.05) is 19.3 Å². The Balaban J connectivity index is 4.38. The lowest BCUT2D eigenvalue weighted by Gasteiger charge is -2.18. The molecule has 81 heavy (non-hydrogen) atoms. The molecule has 0 aliphatic rings. The van der Waals surface area contributed by atoms with Gasteiger partial charge in [-0.3, -0.25) is 14.4 Å². The minimum atomic E-state index is -0.811. The van der Waals surface area contributed by atoms with Crippen molar-refractivity contribution in [2.45, 2.75) is 271 Å². The third-order valence-corrected chi connectivity index (χ3v) is 13.2. The maximum absolute atomic E-state index is 12.9. The Kier molecular flexibility index (Phi) is 62.9. The average Bonchev–Trinajstić information content (AvgIpc) is 3.47. The summed E-state index contributed by atoms with van der Waals surface area (Å²) in [4.78, 5) is 38.3. The van der Waals surface area contributed by atoms with Gasteiger partial charge in [0.1, 0.15) is 13.2 Å². The molecule has 0 aromatic rings. The van der Waals surface area contributed by atoms with E-state index in [9.17, 15) is 14.4 Å². The molecule has 454 valence electrons. The summed E-state index contributed by atoms with van der Waals surface area (Å²) in [5, 5.41) is 0. The van der Waals surface area contributed by atoms with E-state index < -0.39 is 6.10 Å². The Hall–Kier alpha value is -5.23. The Morgan fingerprint density at radius 2 is 0.444 bits per heavy atom. The Bertz CT molecular complexity index is 1860. The van der Waals surface area contributed by atoms with Gasteiger partial charge in [-0.25, -0.2) is 0 Å². The molecular formula is C75H118O6. The van der Waals surface area contributed by atoms with Gasteiger partial charge in [0.15, 0.2) is 6.10 Å². The summed E-state index contributed by atoms with van der Waals surface area (Å²) in [7, 11) is 0. The fourth-order valence-corrected chi connectivity index (χ4v) is 8.43. The van der Waals surface area contributed by atoms with E-state index in [1.54, 1.807) is 0 Å². The van der Waals surface area contributed by atoms with Crippen LogP contribution in [0.4, 0.5) is 0 Å². The van der Waals surface area contributed by atoms with E-state index in [1.807, 2.05) is 0 Å². The minimum absolute atomic E-state index is 0.104. The smallest absolute Gasteiger partial charge is 0.306 e. The lowest BCUT2D eigenvalue weighted by molar-refractivity contribution is -0.167. The minimum Gasteiger partial charge on any atom is -0.462 e. The van der Waals surface area contributed by atoms with Gasteiger partial charge in [0.2, 0.25) is 0 Å². The number of rotatable bonds is 57. The van der Waals surface area contributed by atoms with Crippen LogP contribution in [0.3, 0.4) is 0 Å².